The molecule has 0 atom stereocenters. The first-order valence-corrected chi connectivity index (χ1v) is 5.87. The van der Waals surface area contributed by atoms with E-state index in [1.54, 1.807) is 0 Å². The lowest BCUT2D eigenvalue weighted by atomic mass is 9.93. The monoisotopic (exact) mass is 268 g/mol. The van der Waals surface area contributed by atoms with Gasteiger partial charge in [-0.25, -0.2) is 9.37 Å². The number of nitrogens with zero attached hydrogens (tertiary/aromatic N) is 2. The molecular weight excluding hydrogens is 259 g/mol. The van der Waals surface area contributed by atoms with E-state index >= 15 is 0 Å². The molecule has 2 heterocycles. The second kappa shape index (κ2) is 3.30. The quantitative estimate of drug-likeness (QED) is 0.722. The number of pyridine rings is 1. The van der Waals surface area contributed by atoms with Crippen LogP contribution < -0.4 is 0 Å². The largest absolute Gasteiger partial charge is 0.329 e. The summed E-state index contributed by atoms with van der Waals surface area (Å²) in [4.78, 5) is 4.24. The third-order valence-corrected chi connectivity index (χ3v) is 3.63. The molecule has 0 aromatic carbocycles. The predicted molar refractivity (Wildman–Crippen MR) is 60.3 cm³/mol. The number of rotatable bonds is 1. The Morgan fingerprint density at radius 3 is 2.93 bits per heavy atom. The predicted octanol–water partition coefficient (Wildman–Crippen LogP) is 3.66. The van der Waals surface area contributed by atoms with Crippen LogP contribution in [-0.2, 0) is 0 Å². The van der Waals surface area contributed by atoms with Crippen LogP contribution in [-0.4, -0.2) is 9.55 Å². The molecule has 0 unspecified atom stereocenters. The molecule has 4 heteroatoms. The molecule has 0 bridgehead atoms. The fourth-order valence-electron chi connectivity index (χ4n) is 1.99. The molecule has 1 fully saturated rings. The molecule has 1 aliphatic rings. The zero-order chi connectivity index (χ0) is 10.4. The van der Waals surface area contributed by atoms with E-state index in [1.807, 2.05) is 12.3 Å². The molecule has 0 aliphatic heterocycles. The van der Waals surface area contributed by atoms with E-state index < -0.39 is 0 Å². The van der Waals surface area contributed by atoms with Crippen molar-refractivity contribution in [3.63, 3.8) is 0 Å². The molecule has 3 rings (SSSR count). The minimum absolute atomic E-state index is 0.297. The van der Waals surface area contributed by atoms with Crippen LogP contribution in [0.2, 0.25) is 0 Å². The van der Waals surface area contributed by atoms with E-state index in [4.69, 9.17) is 0 Å². The van der Waals surface area contributed by atoms with Gasteiger partial charge in [-0.15, -0.1) is 0 Å². The zero-order valence-electron chi connectivity index (χ0n) is 8.08. The summed E-state index contributed by atoms with van der Waals surface area (Å²) < 4.78 is 15.7. The van der Waals surface area contributed by atoms with Crippen LogP contribution in [0.3, 0.4) is 0 Å². The Labute approximate surface area is 95.2 Å². The molecular formula is C11H10BrFN2. The summed E-state index contributed by atoms with van der Waals surface area (Å²) in [6, 6.07) is 4.02. The molecule has 2 aromatic rings. The average Bonchev–Trinajstić information content (AvgIpc) is 2.48. The number of hydrogen-bond acceptors (Lipinski definition) is 1. The normalized spacial score (nSPS) is 16.9. The Morgan fingerprint density at radius 1 is 1.47 bits per heavy atom. The average molecular weight is 269 g/mol. The number of hydrogen-bond donors (Lipinski definition) is 0. The van der Waals surface area contributed by atoms with Crippen LogP contribution in [0, 0.1) is 5.82 Å². The van der Waals surface area contributed by atoms with Gasteiger partial charge in [0.25, 0.3) is 0 Å². The molecule has 78 valence electrons. The summed E-state index contributed by atoms with van der Waals surface area (Å²) in [7, 11) is 0. The second-order valence-electron chi connectivity index (χ2n) is 3.98. The summed E-state index contributed by atoms with van der Waals surface area (Å²) in [6.45, 7) is 0. The van der Waals surface area contributed by atoms with Crippen molar-refractivity contribution in [3.05, 3.63) is 28.7 Å². The van der Waals surface area contributed by atoms with Crippen LogP contribution in [0.15, 0.2) is 22.9 Å². The lowest BCUT2D eigenvalue weighted by molar-refractivity contribution is 0.320. The molecule has 0 saturated heterocycles. The van der Waals surface area contributed by atoms with E-state index in [2.05, 4.69) is 25.5 Å². The van der Waals surface area contributed by atoms with Crippen LogP contribution in [0.4, 0.5) is 4.39 Å². The van der Waals surface area contributed by atoms with Crippen molar-refractivity contribution >= 4 is 27.0 Å². The summed E-state index contributed by atoms with van der Waals surface area (Å²) in [5, 5.41) is 0.877. The van der Waals surface area contributed by atoms with Crippen LogP contribution in [0.5, 0.6) is 0 Å². The van der Waals surface area contributed by atoms with E-state index in [1.165, 1.54) is 25.3 Å². The highest BCUT2D eigenvalue weighted by Crippen LogP contribution is 2.34. The van der Waals surface area contributed by atoms with Crippen LogP contribution in [0.1, 0.15) is 25.3 Å². The Kier molecular flexibility index (Phi) is 2.06. The zero-order valence-corrected chi connectivity index (χ0v) is 9.67. The van der Waals surface area contributed by atoms with Gasteiger partial charge in [0.15, 0.2) is 5.82 Å². The van der Waals surface area contributed by atoms with Crippen LogP contribution >= 0.6 is 15.9 Å². The molecule has 0 radical (unpaired) electrons. The topological polar surface area (TPSA) is 17.8 Å². The Balaban J connectivity index is 2.19. The maximum atomic E-state index is 13.2. The van der Waals surface area contributed by atoms with Gasteiger partial charge in [-0.2, -0.15) is 0 Å². The van der Waals surface area contributed by atoms with Gasteiger partial charge in [-0.05, 0) is 47.3 Å². The van der Waals surface area contributed by atoms with Gasteiger partial charge in [0.05, 0.1) is 0 Å². The van der Waals surface area contributed by atoms with Gasteiger partial charge in [0.2, 0.25) is 0 Å². The van der Waals surface area contributed by atoms with Crippen molar-refractivity contribution < 1.29 is 4.39 Å². The lowest BCUT2D eigenvalue weighted by Crippen LogP contribution is -2.16. The molecule has 1 saturated carbocycles. The van der Waals surface area contributed by atoms with Gasteiger partial charge >= 0.3 is 0 Å². The first-order chi connectivity index (χ1) is 7.25. The highest BCUT2D eigenvalue weighted by molar-refractivity contribution is 9.10. The summed E-state index contributed by atoms with van der Waals surface area (Å²) >= 11 is 3.12. The van der Waals surface area contributed by atoms with E-state index in [-0.39, 0.29) is 5.82 Å². The Bertz CT molecular complexity index is 517. The van der Waals surface area contributed by atoms with Gasteiger partial charge in [0, 0.05) is 17.6 Å². The minimum Gasteiger partial charge on any atom is -0.329 e. The number of halogens is 2. The van der Waals surface area contributed by atoms with Crippen molar-refractivity contribution in [2.24, 2.45) is 0 Å². The highest BCUT2D eigenvalue weighted by Gasteiger charge is 2.21. The fourth-order valence-corrected chi connectivity index (χ4v) is 2.27. The second-order valence-corrected chi connectivity index (χ2v) is 4.73. The van der Waals surface area contributed by atoms with Crippen molar-refractivity contribution in [2.75, 3.05) is 0 Å². The molecule has 2 aromatic heterocycles. The third kappa shape index (κ3) is 1.39. The van der Waals surface area contributed by atoms with Crippen molar-refractivity contribution in [3.8, 4) is 0 Å². The number of fused-ring (bicyclic) bond motifs is 1. The highest BCUT2D eigenvalue weighted by atomic mass is 79.9. The molecule has 15 heavy (non-hydrogen) atoms. The SMILES string of the molecule is Fc1cc2ccn(C3CCC3)c2nc1Br. The van der Waals surface area contributed by atoms with E-state index in [0.29, 0.717) is 10.6 Å². The Morgan fingerprint density at radius 2 is 2.27 bits per heavy atom. The number of aromatic nitrogens is 2. The van der Waals surface area contributed by atoms with Gasteiger partial charge in [-0.1, -0.05) is 0 Å². The van der Waals surface area contributed by atoms with Crippen molar-refractivity contribution in [1.29, 1.82) is 0 Å². The first kappa shape index (κ1) is 9.33. The van der Waals surface area contributed by atoms with Crippen LogP contribution in [0.25, 0.3) is 11.0 Å². The minimum atomic E-state index is -0.297. The van der Waals surface area contributed by atoms with E-state index in [0.717, 1.165) is 11.0 Å². The fraction of sp³-hybridized carbons (Fsp3) is 0.364. The van der Waals surface area contributed by atoms with Gasteiger partial charge in [0.1, 0.15) is 10.3 Å². The first-order valence-electron chi connectivity index (χ1n) is 5.08. The maximum Gasteiger partial charge on any atom is 0.156 e. The van der Waals surface area contributed by atoms with Gasteiger partial charge in [-0.3, -0.25) is 0 Å². The molecule has 0 spiro atoms. The molecule has 2 nitrogen and oxygen atoms in total. The molecule has 1 aliphatic carbocycles. The summed E-state index contributed by atoms with van der Waals surface area (Å²) in [5.41, 5.74) is 0.882. The lowest BCUT2D eigenvalue weighted by Gasteiger charge is -2.27. The summed E-state index contributed by atoms with van der Waals surface area (Å²) in [6.07, 6.45) is 5.71. The van der Waals surface area contributed by atoms with E-state index in [9.17, 15) is 4.39 Å². The van der Waals surface area contributed by atoms with Crippen molar-refractivity contribution in [2.45, 2.75) is 25.3 Å². The standard InChI is InChI=1S/C11H10BrFN2/c12-10-9(13)6-7-4-5-15(11(7)14-10)8-2-1-3-8/h4-6,8H,1-3H2. The summed E-state index contributed by atoms with van der Waals surface area (Å²) in [5.74, 6) is -0.297. The maximum absolute atomic E-state index is 13.2. The van der Waals surface area contributed by atoms with Crippen molar-refractivity contribution in [1.82, 2.24) is 9.55 Å². The smallest absolute Gasteiger partial charge is 0.156 e. The molecule has 0 N–H and O–H groups in total. The third-order valence-electron chi connectivity index (χ3n) is 3.07. The Hall–Kier alpha value is -0.900. The molecule has 0 amide bonds. The van der Waals surface area contributed by atoms with Gasteiger partial charge < -0.3 is 4.57 Å².